The van der Waals surface area contributed by atoms with Gasteiger partial charge in [0.15, 0.2) is 0 Å². The van der Waals surface area contributed by atoms with Gasteiger partial charge in [0.2, 0.25) is 0 Å². The van der Waals surface area contributed by atoms with Gasteiger partial charge in [0, 0.05) is 29.1 Å². The number of aromatic carboxylic acids is 1. The number of rotatable bonds is 8. The molecule has 35 heavy (non-hydrogen) atoms. The minimum atomic E-state index is -1.05. The monoisotopic (exact) mass is 475 g/mol. The third-order valence-electron chi connectivity index (χ3n) is 6.23. The van der Waals surface area contributed by atoms with E-state index in [1.807, 2.05) is 0 Å². The van der Waals surface area contributed by atoms with Crippen molar-refractivity contribution < 1.29 is 23.4 Å². The Bertz CT molecular complexity index is 1410. The highest BCUT2D eigenvalue weighted by Crippen LogP contribution is 2.32. The summed E-state index contributed by atoms with van der Waals surface area (Å²) < 4.78 is 35.2. The molecule has 178 valence electrons. The molecule has 0 unspecified atom stereocenters. The van der Waals surface area contributed by atoms with Crippen LogP contribution in [0.3, 0.4) is 0 Å². The van der Waals surface area contributed by atoms with E-state index >= 15 is 0 Å². The van der Waals surface area contributed by atoms with Crippen molar-refractivity contribution in [3.63, 3.8) is 0 Å². The molecule has 2 N–H and O–H groups in total. The summed E-state index contributed by atoms with van der Waals surface area (Å²) in [6.07, 6.45) is 4.43. The first-order valence-electron chi connectivity index (χ1n) is 11.5. The molecule has 1 saturated carbocycles. The highest BCUT2D eigenvalue weighted by molar-refractivity contribution is 5.92. The van der Waals surface area contributed by atoms with Crippen molar-refractivity contribution in [1.29, 1.82) is 0 Å². The van der Waals surface area contributed by atoms with E-state index in [9.17, 15) is 18.7 Å². The third kappa shape index (κ3) is 4.77. The summed E-state index contributed by atoms with van der Waals surface area (Å²) in [5.74, 6) is -1.38. The summed E-state index contributed by atoms with van der Waals surface area (Å²) >= 11 is 0. The lowest BCUT2D eigenvalue weighted by Gasteiger charge is -2.27. The number of hydrogen-bond acceptors (Lipinski definition) is 5. The second-order valence-corrected chi connectivity index (χ2v) is 8.52. The molecule has 0 radical (unpaired) electrons. The minimum Gasteiger partial charge on any atom is -0.490 e. The number of fused-ring (bicyclic) bond motifs is 1. The van der Waals surface area contributed by atoms with Gasteiger partial charge < -0.3 is 15.2 Å². The van der Waals surface area contributed by atoms with Crippen LogP contribution in [0.4, 0.5) is 14.6 Å². The number of carboxylic acids is 1. The van der Waals surface area contributed by atoms with Crippen molar-refractivity contribution in [2.45, 2.75) is 31.8 Å². The summed E-state index contributed by atoms with van der Waals surface area (Å²) in [5.41, 5.74) is 1.38. The van der Waals surface area contributed by atoms with E-state index in [4.69, 9.17) is 4.74 Å². The van der Waals surface area contributed by atoms with Crippen LogP contribution in [0.2, 0.25) is 0 Å². The first-order valence-corrected chi connectivity index (χ1v) is 11.5. The molecule has 0 atom stereocenters. The molecule has 1 fully saturated rings. The molecular formula is C27H23F2N3O3. The van der Waals surface area contributed by atoms with E-state index in [1.54, 1.807) is 42.5 Å². The Morgan fingerprint density at radius 2 is 1.91 bits per heavy atom. The Hall–Kier alpha value is -4.07. The Morgan fingerprint density at radius 1 is 1.09 bits per heavy atom. The van der Waals surface area contributed by atoms with Crippen molar-refractivity contribution in [2.75, 3.05) is 11.9 Å². The number of anilines is 1. The number of carboxylic acid groups (broad SMARTS) is 1. The van der Waals surface area contributed by atoms with Gasteiger partial charge in [-0.1, -0.05) is 30.3 Å². The number of carbonyl (C=O) groups is 1. The minimum absolute atomic E-state index is 0.0209. The molecule has 8 heteroatoms. The van der Waals surface area contributed by atoms with Crippen LogP contribution in [0.25, 0.3) is 22.0 Å². The maximum Gasteiger partial charge on any atom is 0.339 e. The first-order chi connectivity index (χ1) is 17.0. The predicted molar refractivity (Wildman–Crippen MR) is 129 cm³/mol. The van der Waals surface area contributed by atoms with E-state index < -0.39 is 17.6 Å². The summed E-state index contributed by atoms with van der Waals surface area (Å²) in [5, 5.41) is 13.5. The largest absolute Gasteiger partial charge is 0.490 e. The molecule has 1 aromatic heterocycles. The zero-order valence-corrected chi connectivity index (χ0v) is 18.8. The van der Waals surface area contributed by atoms with Crippen LogP contribution in [-0.2, 0) is 6.42 Å². The molecule has 1 heterocycles. The van der Waals surface area contributed by atoms with Crippen LogP contribution in [-0.4, -0.2) is 33.7 Å². The molecule has 0 bridgehead atoms. The lowest BCUT2D eigenvalue weighted by atomic mass is 9.96. The fraction of sp³-hybridized carbons (Fsp3) is 0.222. The van der Waals surface area contributed by atoms with Gasteiger partial charge in [0.1, 0.15) is 35.1 Å². The average Bonchev–Trinajstić information content (AvgIpc) is 2.83. The highest BCUT2D eigenvalue weighted by atomic mass is 19.1. The van der Waals surface area contributed by atoms with Crippen molar-refractivity contribution in [2.24, 2.45) is 0 Å². The van der Waals surface area contributed by atoms with Crippen LogP contribution in [0.1, 0.15) is 35.2 Å². The first kappa shape index (κ1) is 22.7. The smallest absolute Gasteiger partial charge is 0.339 e. The molecule has 1 aliphatic rings. The van der Waals surface area contributed by atoms with Gasteiger partial charge in [-0.2, -0.15) is 0 Å². The van der Waals surface area contributed by atoms with Gasteiger partial charge in [0.25, 0.3) is 0 Å². The van der Waals surface area contributed by atoms with Crippen LogP contribution in [0.5, 0.6) is 5.75 Å². The van der Waals surface area contributed by atoms with Gasteiger partial charge >= 0.3 is 5.97 Å². The summed E-state index contributed by atoms with van der Waals surface area (Å²) in [7, 11) is 0. The number of halogens is 2. The van der Waals surface area contributed by atoms with Crippen molar-refractivity contribution in [3.8, 4) is 17.0 Å². The Labute approximate surface area is 200 Å². The lowest BCUT2D eigenvalue weighted by Crippen LogP contribution is -2.25. The fourth-order valence-electron chi connectivity index (χ4n) is 4.09. The molecule has 5 rings (SSSR count). The number of ether oxygens (including phenoxy) is 1. The Morgan fingerprint density at radius 3 is 2.69 bits per heavy atom. The van der Waals surface area contributed by atoms with E-state index in [0.717, 1.165) is 19.3 Å². The van der Waals surface area contributed by atoms with Gasteiger partial charge in [-0.25, -0.2) is 23.5 Å². The predicted octanol–water partition coefficient (Wildman–Crippen LogP) is 5.86. The Kier molecular flexibility index (Phi) is 6.27. The third-order valence-corrected chi connectivity index (χ3v) is 6.23. The number of aromatic nitrogens is 2. The van der Waals surface area contributed by atoms with E-state index in [1.165, 1.54) is 18.5 Å². The van der Waals surface area contributed by atoms with E-state index in [-0.39, 0.29) is 30.2 Å². The topological polar surface area (TPSA) is 84.3 Å². The normalized spacial score (nSPS) is 13.4. The molecule has 0 saturated heterocycles. The molecule has 3 aromatic carbocycles. The van der Waals surface area contributed by atoms with Crippen molar-refractivity contribution >= 4 is 22.6 Å². The maximum atomic E-state index is 14.8. The number of hydrogen-bond donors (Lipinski definition) is 2. The second-order valence-electron chi connectivity index (χ2n) is 8.52. The maximum absolute atomic E-state index is 14.8. The molecule has 0 amide bonds. The standard InChI is InChI=1S/C27H23F2N3O3/c28-22-12-16-4-1-2-7-19(16)26(29)20(22)10-11-30-25-14-23(31-15-32-25)17-8-9-21(27(33)34)24(13-17)35-18-5-3-6-18/h1-2,4,7-9,12-15,18H,3,5-6,10-11H2,(H,33,34)(H,30,31,32). The van der Waals surface area contributed by atoms with Crippen LogP contribution >= 0.6 is 0 Å². The summed E-state index contributed by atoms with van der Waals surface area (Å²) in [6.45, 7) is 0.261. The molecule has 1 aliphatic carbocycles. The molecule has 4 aromatic rings. The quantitative estimate of drug-likeness (QED) is 0.332. The molecule has 6 nitrogen and oxygen atoms in total. The summed E-state index contributed by atoms with van der Waals surface area (Å²) in [6, 6.07) is 14.7. The van der Waals surface area contributed by atoms with Crippen LogP contribution in [0.15, 0.2) is 60.9 Å². The fourth-order valence-corrected chi connectivity index (χ4v) is 4.09. The van der Waals surface area contributed by atoms with E-state index in [2.05, 4.69) is 15.3 Å². The SMILES string of the molecule is O=C(O)c1ccc(-c2cc(NCCc3c(F)cc4ccccc4c3F)ncn2)cc1OC1CCC1. The Balaban J connectivity index is 1.32. The zero-order valence-electron chi connectivity index (χ0n) is 18.8. The van der Waals surface area contributed by atoms with Crippen molar-refractivity contribution in [1.82, 2.24) is 9.97 Å². The zero-order chi connectivity index (χ0) is 24.4. The van der Waals surface area contributed by atoms with Crippen molar-refractivity contribution in [3.05, 3.63) is 83.7 Å². The van der Waals surface area contributed by atoms with Crippen LogP contribution in [0, 0.1) is 11.6 Å². The highest BCUT2D eigenvalue weighted by Gasteiger charge is 2.22. The lowest BCUT2D eigenvalue weighted by molar-refractivity contribution is 0.0680. The molecule has 0 aliphatic heterocycles. The number of benzene rings is 3. The summed E-state index contributed by atoms with van der Waals surface area (Å²) in [4.78, 5) is 20.1. The van der Waals surface area contributed by atoms with Crippen LogP contribution < -0.4 is 10.1 Å². The van der Waals surface area contributed by atoms with Gasteiger partial charge in [-0.15, -0.1) is 0 Å². The average molecular weight is 475 g/mol. The van der Waals surface area contributed by atoms with Gasteiger partial charge in [0.05, 0.1) is 11.8 Å². The second kappa shape index (κ2) is 9.66. The molecule has 0 spiro atoms. The molecular weight excluding hydrogens is 452 g/mol. The number of nitrogens with one attached hydrogen (secondary N) is 1. The van der Waals surface area contributed by atoms with E-state index in [0.29, 0.717) is 33.6 Å². The van der Waals surface area contributed by atoms with Gasteiger partial charge in [-0.3, -0.25) is 0 Å². The number of nitrogens with zero attached hydrogens (tertiary/aromatic N) is 2. The van der Waals surface area contributed by atoms with Gasteiger partial charge in [-0.05, 0) is 49.3 Å².